The second-order valence-electron chi connectivity index (χ2n) is 5.41. The molecule has 5 nitrogen and oxygen atoms in total. The van der Waals surface area contributed by atoms with Crippen molar-refractivity contribution in [1.29, 1.82) is 5.26 Å². The number of allylic oxidation sites excluding steroid dienone is 3. The van der Waals surface area contributed by atoms with Crippen LogP contribution < -0.4 is 0 Å². The Hall–Kier alpha value is -3.39. The number of nitrogens with one attached hydrogen (secondary N) is 1. The first-order valence-electron chi connectivity index (χ1n) is 7.65. The summed E-state index contributed by atoms with van der Waals surface area (Å²) < 4.78 is 4.73. The third-order valence-electron chi connectivity index (χ3n) is 3.77. The molecule has 0 aliphatic heterocycles. The van der Waals surface area contributed by atoms with Crippen LogP contribution in [0.15, 0.2) is 48.1 Å². The molecule has 5 heteroatoms. The highest BCUT2D eigenvalue weighted by molar-refractivity contribution is 6.12. The van der Waals surface area contributed by atoms with Crippen molar-refractivity contribution in [3.8, 4) is 6.07 Å². The number of nitriles is 1. The predicted octanol–water partition coefficient (Wildman–Crippen LogP) is 3.76. The van der Waals surface area contributed by atoms with Crippen molar-refractivity contribution in [2.75, 3.05) is 7.11 Å². The molecule has 1 N–H and O–H groups in total. The molecule has 25 heavy (non-hydrogen) atoms. The number of aryl methyl sites for hydroxylation is 1. The number of aromatic nitrogens is 1. The van der Waals surface area contributed by atoms with Gasteiger partial charge in [-0.15, -0.1) is 0 Å². The number of rotatable bonds is 5. The quantitative estimate of drug-likeness (QED) is 0.297. The van der Waals surface area contributed by atoms with Gasteiger partial charge in [0.05, 0.1) is 18.4 Å². The van der Waals surface area contributed by atoms with E-state index in [9.17, 15) is 14.9 Å². The van der Waals surface area contributed by atoms with Crippen LogP contribution in [0.5, 0.6) is 0 Å². The Bertz CT molecular complexity index is 897. The molecule has 1 heterocycles. The topological polar surface area (TPSA) is 83.0 Å². The molecule has 0 radical (unpaired) electrons. The Balaban J connectivity index is 2.32. The van der Waals surface area contributed by atoms with Gasteiger partial charge >= 0.3 is 5.97 Å². The van der Waals surface area contributed by atoms with Gasteiger partial charge in [-0.3, -0.25) is 4.79 Å². The Morgan fingerprint density at radius 2 is 1.88 bits per heavy atom. The maximum Gasteiger partial charge on any atom is 0.339 e. The van der Waals surface area contributed by atoms with Crippen molar-refractivity contribution >= 4 is 17.8 Å². The third kappa shape index (κ3) is 3.93. The van der Waals surface area contributed by atoms with Gasteiger partial charge in [0.25, 0.3) is 0 Å². The molecule has 0 bridgehead atoms. The van der Waals surface area contributed by atoms with E-state index >= 15 is 0 Å². The molecule has 2 aromatic rings. The third-order valence-corrected chi connectivity index (χ3v) is 3.77. The zero-order valence-electron chi connectivity index (χ0n) is 14.3. The first-order valence-corrected chi connectivity index (χ1v) is 7.65. The van der Waals surface area contributed by atoms with E-state index in [1.54, 1.807) is 26.0 Å². The van der Waals surface area contributed by atoms with Gasteiger partial charge in [-0.05, 0) is 31.1 Å². The summed E-state index contributed by atoms with van der Waals surface area (Å²) in [6, 6.07) is 11.5. The molecule has 0 unspecified atom stereocenters. The number of hydrogen-bond acceptors (Lipinski definition) is 4. The maximum atomic E-state index is 12.6. The Morgan fingerprint density at radius 1 is 1.20 bits per heavy atom. The summed E-state index contributed by atoms with van der Waals surface area (Å²) in [7, 11) is 1.28. The SMILES string of the molecule is COC(=O)c1c(C)[nH]c(C(=O)/C(C#N)=C/C=C/c2ccccc2)c1C. The van der Waals surface area contributed by atoms with Crippen LogP contribution in [0.3, 0.4) is 0 Å². The average Bonchev–Trinajstić information content (AvgIpc) is 2.93. The van der Waals surface area contributed by atoms with Crippen LogP contribution in [-0.4, -0.2) is 23.8 Å². The fourth-order valence-corrected chi connectivity index (χ4v) is 2.50. The van der Waals surface area contributed by atoms with Crippen molar-refractivity contribution in [2.45, 2.75) is 13.8 Å². The fourth-order valence-electron chi connectivity index (χ4n) is 2.50. The lowest BCUT2D eigenvalue weighted by molar-refractivity contribution is 0.0599. The lowest BCUT2D eigenvalue weighted by Crippen LogP contribution is -2.06. The number of ketones is 1. The molecular formula is C20H18N2O3. The number of methoxy groups -OCH3 is 1. The molecule has 0 saturated carbocycles. The molecule has 0 fully saturated rings. The predicted molar refractivity (Wildman–Crippen MR) is 95.1 cm³/mol. The highest BCUT2D eigenvalue weighted by Gasteiger charge is 2.24. The number of carbonyl (C=O) groups excluding carboxylic acids is 2. The maximum absolute atomic E-state index is 12.6. The lowest BCUT2D eigenvalue weighted by Gasteiger charge is -2.00. The smallest absolute Gasteiger partial charge is 0.339 e. The summed E-state index contributed by atoms with van der Waals surface area (Å²) in [5, 5.41) is 9.30. The van der Waals surface area contributed by atoms with Gasteiger partial charge in [-0.25, -0.2) is 4.79 Å². The van der Waals surface area contributed by atoms with Gasteiger partial charge in [0, 0.05) is 5.69 Å². The van der Waals surface area contributed by atoms with E-state index in [1.807, 2.05) is 36.4 Å². The van der Waals surface area contributed by atoms with Crippen molar-refractivity contribution < 1.29 is 14.3 Å². The number of Topliss-reactive ketones (excluding diaryl/α,β-unsaturated/α-hetero) is 1. The fraction of sp³-hybridized carbons (Fsp3) is 0.150. The monoisotopic (exact) mass is 334 g/mol. The number of nitrogens with zero attached hydrogens (tertiary/aromatic N) is 1. The van der Waals surface area contributed by atoms with Crippen LogP contribution in [0, 0.1) is 25.2 Å². The summed E-state index contributed by atoms with van der Waals surface area (Å²) in [5.41, 5.74) is 2.49. The van der Waals surface area contributed by atoms with E-state index in [0.29, 0.717) is 16.8 Å². The van der Waals surface area contributed by atoms with Crippen LogP contribution in [0.1, 0.15) is 37.7 Å². The van der Waals surface area contributed by atoms with Gasteiger partial charge in [-0.2, -0.15) is 5.26 Å². The van der Waals surface area contributed by atoms with E-state index in [-0.39, 0.29) is 11.3 Å². The number of carbonyl (C=O) groups is 2. The van der Waals surface area contributed by atoms with Crippen molar-refractivity contribution in [1.82, 2.24) is 4.98 Å². The minimum atomic E-state index is -0.517. The molecule has 0 aliphatic carbocycles. The standard InChI is InChI=1S/C20H18N2O3/c1-13-17(20(24)25-3)14(2)22-18(13)19(23)16(12-21)11-7-10-15-8-5-4-6-9-15/h4-11,22H,1-3H3/b10-7+,16-11+. The van der Waals surface area contributed by atoms with Gasteiger partial charge in [0.15, 0.2) is 0 Å². The molecule has 0 atom stereocenters. The number of ether oxygens (including phenoxy) is 1. The van der Waals surface area contributed by atoms with Gasteiger partial charge < -0.3 is 9.72 Å². The number of aromatic amines is 1. The second kappa shape index (κ2) is 7.93. The van der Waals surface area contributed by atoms with E-state index in [1.165, 1.54) is 13.2 Å². The van der Waals surface area contributed by atoms with Crippen LogP contribution in [0.2, 0.25) is 0 Å². The summed E-state index contributed by atoms with van der Waals surface area (Å²) in [5.74, 6) is -0.979. The van der Waals surface area contributed by atoms with Crippen molar-refractivity contribution in [2.24, 2.45) is 0 Å². The highest BCUT2D eigenvalue weighted by atomic mass is 16.5. The second-order valence-corrected chi connectivity index (χ2v) is 5.41. The van der Waals surface area contributed by atoms with Crippen molar-refractivity contribution in [3.63, 3.8) is 0 Å². The lowest BCUT2D eigenvalue weighted by atomic mass is 10.0. The molecule has 1 aromatic carbocycles. The number of H-pyrrole nitrogens is 1. The van der Waals surface area contributed by atoms with Crippen LogP contribution in [0.25, 0.3) is 6.08 Å². The summed E-state index contributed by atoms with van der Waals surface area (Å²) in [6.07, 6.45) is 4.91. The molecule has 0 saturated heterocycles. The molecule has 1 aromatic heterocycles. The minimum Gasteiger partial charge on any atom is -0.465 e. The average molecular weight is 334 g/mol. The Kier molecular flexibility index (Phi) is 5.70. The number of hydrogen-bond donors (Lipinski definition) is 1. The molecule has 0 spiro atoms. The zero-order chi connectivity index (χ0) is 18.4. The normalized spacial score (nSPS) is 11.4. The number of benzene rings is 1. The van der Waals surface area contributed by atoms with Gasteiger partial charge in [0.1, 0.15) is 11.6 Å². The summed E-state index contributed by atoms with van der Waals surface area (Å²) in [6.45, 7) is 3.33. The zero-order valence-corrected chi connectivity index (χ0v) is 14.3. The summed E-state index contributed by atoms with van der Waals surface area (Å²) >= 11 is 0. The van der Waals surface area contributed by atoms with E-state index < -0.39 is 11.8 Å². The number of esters is 1. The molecule has 126 valence electrons. The molecule has 0 amide bonds. The molecular weight excluding hydrogens is 316 g/mol. The Morgan fingerprint density at radius 3 is 2.48 bits per heavy atom. The largest absolute Gasteiger partial charge is 0.465 e. The van der Waals surface area contributed by atoms with E-state index in [2.05, 4.69) is 4.98 Å². The van der Waals surface area contributed by atoms with Crippen LogP contribution in [0.4, 0.5) is 0 Å². The van der Waals surface area contributed by atoms with Crippen molar-refractivity contribution in [3.05, 3.63) is 76.1 Å². The van der Waals surface area contributed by atoms with E-state index in [4.69, 9.17) is 4.74 Å². The minimum absolute atomic E-state index is 0.0204. The first-order chi connectivity index (χ1) is 12.0. The van der Waals surface area contributed by atoms with Crippen LogP contribution >= 0.6 is 0 Å². The first kappa shape index (κ1) is 18.0. The molecule has 0 aliphatic rings. The van der Waals surface area contributed by atoms with Crippen LogP contribution in [-0.2, 0) is 4.74 Å². The van der Waals surface area contributed by atoms with Gasteiger partial charge in [0.2, 0.25) is 5.78 Å². The van der Waals surface area contributed by atoms with E-state index in [0.717, 1.165) is 5.56 Å². The highest BCUT2D eigenvalue weighted by Crippen LogP contribution is 2.21. The summed E-state index contributed by atoms with van der Waals surface area (Å²) in [4.78, 5) is 27.3. The van der Waals surface area contributed by atoms with Gasteiger partial charge in [-0.1, -0.05) is 42.5 Å². The molecule has 2 rings (SSSR count). The Labute approximate surface area is 146 Å².